The Bertz CT molecular complexity index is 1380. The molecule has 2 heterocycles. The minimum Gasteiger partial charge on any atom is -0.319 e. The summed E-state index contributed by atoms with van der Waals surface area (Å²) in [6.45, 7) is 2.08. The van der Waals surface area contributed by atoms with Gasteiger partial charge < -0.3 is 9.38 Å². The maximum absolute atomic E-state index is 13.1. The summed E-state index contributed by atoms with van der Waals surface area (Å²) in [5, 5.41) is 1.72. The van der Waals surface area contributed by atoms with E-state index < -0.39 is 0 Å². The average molecular weight is 373 g/mol. The van der Waals surface area contributed by atoms with Crippen molar-refractivity contribution in [1.29, 1.82) is 0 Å². The minimum absolute atomic E-state index is 0.0930. The molecule has 3 nitrogen and oxygen atoms in total. The van der Waals surface area contributed by atoms with E-state index in [9.17, 15) is 4.79 Å². The molecule has 0 atom stereocenters. The zero-order valence-electron chi connectivity index (χ0n) is 14.8. The van der Waals surface area contributed by atoms with Gasteiger partial charge in [0.1, 0.15) is 5.52 Å². The summed E-state index contributed by atoms with van der Waals surface area (Å²) in [5.41, 5.74) is 6.75. The quantitative estimate of drug-likeness (QED) is 0.437. The van der Waals surface area contributed by atoms with Crippen LogP contribution < -0.4 is 5.56 Å². The summed E-state index contributed by atoms with van der Waals surface area (Å²) in [4.78, 5) is 16.1. The number of hydrogen-bond donors (Lipinski definition) is 1. The van der Waals surface area contributed by atoms with E-state index in [0.29, 0.717) is 17.0 Å². The Morgan fingerprint density at radius 3 is 2.56 bits per heavy atom. The van der Waals surface area contributed by atoms with Crippen LogP contribution in [0.2, 0.25) is 5.02 Å². The standard InChI is InChI=1S/C23H17ClN2O/c1-14-7-9-20-17(11-14)18(12-15-5-3-2-4-6-15)22-23(27)25-19-13-16(24)8-10-21(19)26(20)22/h2-11,13H,12H2,1H3,(H,25,27). The number of aromatic amines is 1. The predicted octanol–water partition coefficient (Wildman–Crippen LogP) is 5.49. The Morgan fingerprint density at radius 2 is 1.74 bits per heavy atom. The second-order valence-corrected chi connectivity index (χ2v) is 7.40. The van der Waals surface area contributed by atoms with Gasteiger partial charge in [-0.3, -0.25) is 4.79 Å². The van der Waals surface area contributed by atoms with E-state index in [1.807, 2.05) is 30.3 Å². The normalized spacial score (nSPS) is 11.6. The van der Waals surface area contributed by atoms with E-state index in [2.05, 4.69) is 46.6 Å². The molecule has 132 valence electrons. The van der Waals surface area contributed by atoms with Crippen molar-refractivity contribution in [3.63, 3.8) is 0 Å². The van der Waals surface area contributed by atoms with Gasteiger partial charge in [0.05, 0.1) is 16.6 Å². The summed E-state index contributed by atoms with van der Waals surface area (Å²) in [6.07, 6.45) is 0.708. The zero-order valence-corrected chi connectivity index (χ0v) is 15.5. The predicted molar refractivity (Wildman–Crippen MR) is 112 cm³/mol. The van der Waals surface area contributed by atoms with Gasteiger partial charge in [-0.05, 0) is 48.4 Å². The fourth-order valence-electron chi connectivity index (χ4n) is 3.92. The molecule has 0 fully saturated rings. The van der Waals surface area contributed by atoms with Crippen LogP contribution >= 0.6 is 11.6 Å². The van der Waals surface area contributed by atoms with Gasteiger partial charge in [0.25, 0.3) is 5.56 Å². The number of fused-ring (bicyclic) bond motifs is 5. The fourth-order valence-corrected chi connectivity index (χ4v) is 4.09. The molecule has 0 aliphatic heterocycles. The highest BCUT2D eigenvalue weighted by molar-refractivity contribution is 6.31. The molecule has 27 heavy (non-hydrogen) atoms. The van der Waals surface area contributed by atoms with Gasteiger partial charge in [0.2, 0.25) is 0 Å². The van der Waals surface area contributed by atoms with Crippen LogP contribution in [0.15, 0.2) is 71.5 Å². The molecule has 0 amide bonds. The van der Waals surface area contributed by atoms with Gasteiger partial charge in [0, 0.05) is 16.8 Å². The monoisotopic (exact) mass is 372 g/mol. The summed E-state index contributed by atoms with van der Waals surface area (Å²) < 4.78 is 2.07. The molecule has 0 saturated carbocycles. The van der Waals surface area contributed by atoms with E-state index in [-0.39, 0.29) is 5.56 Å². The number of rotatable bonds is 2. The highest BCUT2D eigenvalue weighted by atomic mass is 35.5. The third-order valence-corrected chi connectivity index (χ3v) is 5.35. The third kappa shape index (κ3) is 2.54. The number of halogens is 1. The molecule has 5 rings (SSSR count). The second kappa shape index (κ2) is 6.00. The molecule has 0 aliphatic rings. The van der Waals surface area contributed by atoms with Gasteiger partial charge in [-0.1, -0.05) is 53.6 Å². The molecule has 5 aromatic rings. The number of aromatic nitrogens is 2. The zero-order chi connectivity index (χ0) is 18.5. The van der Waals surface area contributed by atoms with Crippen molar-refractivity contribution in [3.05, 3.63) is 98.8 Å². The van der Waals surface area contributed by atoms with Crippen LogP contribution in [-0.2, 0) is 6.42 Å². The lowest BCUT2D eigenvalue weighted by molar-refractivity contribution is 1.17. The van der Waals surface area contributed by atoms with Crippen molar-refractivity contribution in [2.75, 3.05) is 0 Å². The van der Waals surface area contributed by atoms with Crippen molar-refractivity contribution in [3.8, 4) is 0 Å². The van der Waals surface area contributed by atoms with Crippen molar-refractivity contribution in [2.24, 2.45) is 0 Å². The number of nitrogens with zero attached hydrogens (tertiary/aromatic N) is 1. The van der Waals surface area contributed by atoms with E-state index in [1.54, 1.807) is 6.07 Å². The Kier molecular flexibility index (Phi) is 3.59. The first-order valence-corrected chi connectivity index (χ1v) is 9.29. The SMILES string of the molecule is Cc1ccc2c(c1)c(Cc1ccccc1)c1c(=O)[nH]c3cc(Cl)ccc3n12. The molecular formula is C23H17ClN2O. The Labute approximate surface area is 160 Å². The molecule has 1 N–H and O–H groups in total. The first-order valence-electron chi connectivity index (χ1n) is 8.91. The van der Waals surface area contributed by atoms with Crippen LogP contribution in [0.25, 0.3) is 27.5 Å². The lowest BCUT2D eigenvalue weighted by Crippen LogP contribution is -2.11. The van der Waals surface area contributed by atoms with Gasteiger partial charge in [0.15, 0.2) is 0 Å². The first-order chi connectivity index (χ1) is 13.1. The van der Waals surface area contributed by atoms with Crippen LogP contribution in [0.1, 0.15) is 16.7 Å². The van der Waals surface area contributed by atoms with Crippen molar-refractivity contribution in [2.45, 2.75) is 13.3 Å². The van der Waals surface area contributed by atoms with Crippen molar-refractivity contribution >= 4 is 39.1 Å². The maximum atomic E-state index is 13.1. The molecule has 0 saturated heterocycles. The Balaban J connectivity index is 1.96. The topological polar surface area (TPSA) is 37.3 Å². The number of benzene rings is 3. The largest absolute Gasteiger partial charge is 0.319 e. The van der Waals surface area contributed by atoms with Crippen molar-refractivity contribution in [1.82, 2.24) is 9.38 Å². The minimum atomic E-state index is -0.0930. The molecular weight excluding hydrogens is 356 g/mol. The molecule has 0 aliphatic carbocycles. The van der Waals surface area contributed by atoms with Gasteiger partial charge >= 0.3 is 0 Å². The molecule has 0 bridgehead atoms. The van der Waals surface area contributed by atoms with Crippen LogP contribution in [0.3, 0.4) is 0 Å². The number of hydrogen-bond acceptors (Lipinski definition) is 1. The average Bonchev–Trinajstić information content (AvgIpc) is 2.97. The molecule has 0 spiro atoms. The fraction of sp³-hybridized carbons (Fsp3) is 0.0870. The highest BCUT2D eigenvalue weighted by Gasteiger charge is 2.17. The summed E-state index contributed by atoms with van der Waals surface area (Å²) in [5.74, 6) is 0. The van der Waals surface area contributed by atoms with E-state index in [4.69, 9.17) is 11.6 Å². The van der Waals surface area contributed by atoms with E-state index in [0.717, 1.165) is 27.5 Å². The Morgan fingerprint density at radius 1 is 0.963 bits per heavy atom. The van der Waals surface area contributed by atoms with E-state index in [1.165, 1.54) is 11.1 Å². The second-order valence-electron chi connectivity index (χ2n) is 6.96. The number of H-pyrrole nitrogens is 1. The maximum Gasteiger partial charge on any atom is 0.273 e. The van der Waals surface area contributed by atoms with Crippen LogP contribution in [0, 0.1) is 6.92 Å². The molecule has 0 unspecified atom stereocenters. The summed E-state index contributed by atoms with van der Waals surface area (Å²) in [7, 11) is 0. The number of nitrogens with one attached hydrogen (secondary N) is 1. The lowest BCUT2D eigenvalue weighted by atomic mass is 10.0. The Hall–Kier alpha value is -3.04. The van der Waals surface area contributed by atoms with Crippen LogP contribution in [0.5, 0.6) is 0 Å². The lowest BCUT2D eigenvalue weighted by Gasteiger charge is -2.05. The third-order valence-electron chi connectivity index (χ3n) is 5.11. The summed E-state index contributed by atoms with van der Waals surface area (Å²) in [6, 6.07) is 22.2. The van der Waals surface area contributed by atoms with Gasteiger partial charge in [-0.25, -0.2) is 0 Å². The molecule has 4 heteroatoms. The summed E-state index contributed by atoms with van der Waals surface area (Å²) >= 11 is 6.14. The number of aryl methyl sites for hydroxylation is 1. The van der Waals surface area contributed by atoms with Crippen LogP contribution in [0.4, 0.5) is 0 Å². The van der Waals surface area contributed by atoms with E-state index >= 15 is 0 Å². The highest BCUT2D eigenvalue weighted by Crippen LogP contribution is 2.31. The molecule has 2 aromatic heterocycles. The molecule has 3 aromatic carbocycles. The smallest absolute Gasteiger partial charge is 0.273 e. The molecule has 0 radical (unpaired) electrons. The van der Waals surface area contributed by atoms with Gasteiger partial charge in [-0.15, -0.1) is 0 Å². The van der Waals surface area contributed by atoms with Crippen LogP contribution in [-0.4, -0.2) is 9.38 Å². The van der Waals surface area contributed by atoms with Gasteiger partial charge in [-0.2, -0.15) is 0 Å². The first kappa shape index (κ1) is 16.2. The van der Waals surface area contributed by atoms with Crippen molar-refractivity contribution < 1.29 is 0 Å².